The maximum Gasteiger partial charge on any atom is 0.333 e. The molecular weight excluding hydrogens is 314 g/mol. The van der Waals surface area contributed by atoms with E-state index in [9.17, 15) is 14.9 Å². The van der Waals surface area contributed by atoms with Crippen LogP contribution in [-0.2, 0) is 6.54 Å². The van der Waals surface area contributed by atoms with Crippen LogP contribution in [0, 0.1) is 10.1 Å². The number of pyridine rings is 1. The van der Waals surface area contributed by atoms with E-state index in [4.69, 9.17) is 0 Å². The molecule has 1 heterocycles. The number of aromatic nitrogens is 1. The highest BCUT2D eigenvalue weighted by molar-refractivity contribution is 9.10. The van der Waals surface area contributed by atoms with Crippen molar-refractivity contribution in [3.63, 3.8) is 0 Å². The zero-order valence-corrected chi connectivity index (χ0v) is 12.9. The lowest BCUT2D eigenvalue weighted by molar-refractivity contribution is -0.386. The van der Waals surface area contributed by atoms with Crippen molar-refractivity contribution in [3.8, 4) is 0 Å². The van der Waals surface area contributed by atoms with Crippen molar-refractivity contribution in [2.75, 3.05) is 6.54 Å². The molecule has 0 fully saturated rings. The molecule has 0 atom stereocenters. The summed E-state index contributed by atoms with van der Waals surface area (Å²) >= 11 is 3.05. The minimum absolute atomic E-state index is 0.0517. The average Bonchev–Trinajstić information content (AvgIpc) is 2.27. The Bertz CT molecular complexity index is 520. The molecule has 0 unspecified atom stereocenters. The Morgan fingerprint density at radius 3 is 2.58 bits per heavy atom. The number of hydrogen-bond donors (Lipinski definition) is 1. The summed E-state index contributed by atoms with van der Waals surface area (Å²) in [5.41, 5.74) is -0.942. The van der Waals surface area contributed by atoms with Crippen LogP contribution in [0.5, 0.6) is 0 Å². The first-order valence-corrected chi connectivity index (χ1v) is 6.79. The van der Waals surface area contributed by atoms with Gasteiger partial charge in [0.2, 0.25) is 0 Å². The van der Waals surface area contributed by atoms with Crippen molar-refractivity contribution in [1.29, 1.82) is 0 Å². The number of aryl methyl sites for hydroxylation is 1. The number of rotatable bonds is 5. The molecule has 6 nitrogen and oxygen atoms in total. The van der Waals surface area contributed by atoms with E-state index >= 15 is 0 Å². The molecule has 1 rings (SSSR count). The third-order valence-corrected chi connectivity index (χ3v) is 3.03. The predicted molar refractivity (Wildman–Crippen MR) is 77.4 cm³/mol. The Morgan fingerprint density at radius 1 is 1.42 bits per heavy atom. The van der Waals surface area contributed by atoms with E-state index < -0.39 is 16.0 Å². The molecule has 1 N–H and O–H groups in total. The van der Waals surface area contributed by atoms with Gasteiger partial charge in [0, 0.05) is 18.3 Å². The van der Waals surface area contributed by atoms with Gasteiger partial charge < -0.3 is 9.88 Å². The summed E-state index contributed by atoms with van der Waals surface area (Å²) < 4.78 is 1.87. The summed E-state index contributed by atoms with van der Waals surface area (Å²) in [6.45, 7) is 7.65. The topological polar surface area (TPSA) is 77.2 Å². The van der Waals surface area contributed by atoms with Crippen molar-refractivity contribution >= 4 is 21.6 Å². The lowest BCUT2D eigenvalue weighted by Crippen LogP contribution is -2.36. The van der Waals surface area contributed by atoms with Crippen molar-refractivity contribution in [2.45, 2.75) is 39.3 Å². The first-order chi connectivity index (χ1) is 8.70. The van der Waals surface area contributed by atoms with Gasteiger partial charge in [-0.05, 0) is 49.7 Å². The Labute approximate surface area is 120 Å². The van der Waals surface area contributed by atoms with Crippen LogP contribution in [0.15, 0.2) is 21.7 Å². The predicted octanol–water partition coefficient (Wildman–Crippen LogP) is 2.30. The zero-order chi connectivity index (χ0) is 14.6. The zero-order valence-electron chi connectivity index (χ0n) is 11.3. The average molecular weight is 332 g/mol. The standard InChI is InChI=1S/C12H18BrN3O3/c1-12(2,3)14-5-4-6-15-7-9(13)11(17)10(8-15)16(18)19/h7-8,14H,4-6H2,1-3H3. The van der Waals surface area contributed by atoms with Crippen LogP contribution < -0.4 is 10.7 Å². The monoisotopic (exact) mass is 331 g/mol. The molecule has 106 valence electrons. The molecule has 0 aromatic carbocycles. The lowest BCUT2D eigenvalue weighted by atomic mass is 10.1. The fourth-order valence-electron chi connectivity index (χ4n) is 1.56. The summed E-state index contributed by atoms with van der Waals surface area (Å²) in [7, 11) is 0. The Kier molecular flexibility index (Phi) is 5.25. The van der Waals surface area contributed by atoms with Gasteiger partial charge in [-0.25, -0.2) is 0 Å². The van der Waals surface area contributed by atoms with Crippen LogP contribution in [0.2, 0.25) is 0 Å². The number of hydrogen-bond acceptors (Lipinski definition) is 4. The quantitative estimate of drug-likeness (QED) is 0.510. The Morgan fingerprint density at radius 2 is 2.05 bits per heavy atom. The van der Waals surface area contributed by atoms with E-state index in [1.54, 1.807) is 10.8 Å². The fraction of sp³-hybridized carbons (Fsp3) is 0.583. The van der Waals surface area contributed by atoms with Crippen molar-refractivity contribution < 1.29 is 4.92 Å². The summed E-state index contributed by atoms with van der Waals surface area (Å²) in [5, 5.41) is 14.1. The van der Waals surface area contributed by atoms with E-state index in [2.05, 4.69) is 42.0 Å². The van der Waals surface area contributed by atoms with Crippen molar-refractivity contribution in [1.82, 2.24) is 9.88 Å². The van der Waals surface area contributed by atoms with E-state index in [1.165, 1.54) is 6.20 Å². The largest absolute Gasteiger partial charge is 0.347 e. The normalized spacial score (nSPS) is 11.6. The van der Waals surface area contributed by atoms with Gasteiger partial charge in [-0.2, -0.15) is 0 Å². The second kappa shape index (κ2) is 6.29. The van der Waals surface area contributed by atoms with Gasteiger partial charge in [0.25, 0.3) is 5.43 Å². The van der Waals surface area contributed by atoms with Crippen molar-refractivity contribution in [3.05, 3.63) is 37.2 Å². The number of nitro groups is 1. The second-order valence-corrected chi connectivity index (χ2v) is 6.20. The maximum absolute atomic E-state index is 11.5. The smallest absolute Gasteiger partial charge is 0.333 e. The van der Waals surface area contributed by atoms with E-state index in [0.717, 1.165) is 13.0 Å². The molecule has 19 heavy (non-hydrogen) atoms. The van der Waals surface area contributed by atoms with Gasteiger partial charge in [0.05, 0.1) is 15.6 Å². The summed E-state index contributed by atoms with van der Waals surface area (Å²) in [6, 6.07) is 0. The number of halogens is 1. The third kappa shape index (κ3) is 5.12. The minimum Gasteiger partial charge on any atom is -0.347 e. The van der Waals surface area contributed by atoms with E-state index in [0.29, 0.717) is 6.54 Å². The van der Waals surface area contributed by atoms with Gasteiger partial charge >= 0.3 is 5.69 Å². The summed E-state index contributed by atoms with van der Waals surface area (Å²) in [4.78, 5) is 21.6. The highest BCUT2D eigenvalue weighted by Gasteiger charge is 2.15. The van der Waals surface area contributed by atoms with Crippen LogP contribution in [0.1, 0.15) is 27.2 Å². The first kappa shape index (κ1) is 15.8. The van der Waals surface area contributed by atoms with Gasteiger partial charge in [-0.1, -0.05) is 0 Å². The fourth-order valence-corrected chi connectivity index (χ4v) is 2.03. The number of nitrogens with zero attached hydrogens (tertiary/aromatic N) is 2. The molecule has 0 amide bonds. The van der Waals surface area contributed by atoms with E-state index in [-0.39, 0.29) is 10.0 Å². The third-order valence-electron chi connectivity index (χ3n) is 2.46. The highest BCUT2D eigenvalue weighted by atomic mass is 79.9. The summed E-state index contributed by atoms with van der Waals surface area (Å²) in [5.74, 6) is 0. The molecule has 0 aliphatic carbocycles. The highest BCUT2D eigenvalue weighted by Crippen LogP contribution is 2.11. The second-order valence-electron chi connectivity index (χ2n) is 5.35. The molecule has 1 aromatic rings. The van der Waals surface area contributed by atoms with Crippen molar-refractivity contribution in [2.24, 2.45) is 0 Å². The van der Waals surface area contributed by atoms with Crippen LogP contribution >= 0.6 is 15.9 Å². The van der Waals surface area contributed by atoms with Gasteiger partial charge in [-0.15, -0.1) is 0 Å². The number of nitrogens with one attached hydrogen (secondary N) is 1. The lowest BCUT2D eigenvalue weighted by Gasteiger charge is -2.20. The molecule has 1 aromatic heterocycles. The van der Waals surface area contributed by atoms with Crippen LogP contribution in [0.3, 0.4) is 0 Å². The minimum atomic E-state index is -0.656. The van der Waals surface area contributed by atoms with Gasteiger partial charge in [0.15, 0.2) is 0 Å². The van der Waals surface area contributed by atoms with Crippen LogP contribution in [-0.4, -0.2) is 21.6 Å². The molecule has 0 saturated carbocycles. The molecular formula is C12H18BrN3O3. The van der Waals surface area contributed by atoms with E-state index in [1.807, 2.05) is 0 Å². The molecule has 0 saturated heterocycles. The molecule has 0 bridgehead atoms. The molecule has 0 aliphatic heterocycles. The maximum atomic E-state index is 11.5. The van der Waals surface area contributed by atoms with Gasteiger partial charge in [0.1, 0.15) is 0 Å². The molecule has 0 radical (unpaired) electrons. The van der Waals surface area contributed by atoms with Crippen LogP contribution in [0.4, 0.5) is 5.69 Å². The summed E-state index contributed by atoms with van der Waals surface area (Å²) in [6.07, 6.45) is 3.68. The molecule has 7 heteroatoms. The molecule has 0 spiro atoms. The molecule has 0 aliphatic rings. The Hall–Kier alpha value is -1.21. The first-order valence-electron chi connectivity index (χ1n) is 6.00. The SMILES string of the molecule is CC(C)(C)NCCCn1cc(Br)c(=O)c([N+](=O)[O-])c1. The Balaban J connectivity index is 2.70. The van der Waals surface area contributed by atoms with Gasteiger partial charge in [-0.3, -0.25) is 14.9 Å². The van der Waals surface area contributed by atoms with Crippen LogP contribution in [0.25, 0.3) is 0 Å².